The number of nitrogen functional groups attached to an aromatic ring is 1. The first-order chi connectivity index (χ1) is 7.90. The SMILES string of the molecule is CC1(C)CC1CNC(=O)c1cc(F)ccc1N. The van der Waals surface area contributed by atoms with Crippen molar-refractivity contribution in [3.63, 3.8) is 0 Å². The number of amides is 1. The minimum Gasteiger partial charge on any atom is -0.398 e. The lowest BCUT2D eigenvalue weighted by Gasteiger charge is -2.08. The Bertz CT molecular complexity index is 457. The number of benzene rings is 1. The van der Waals surface area contributed by atoms with E-state index in [0.717, 1.165) is 6.42 Å². The van der Waals surface area contributed by atoms with Crippen molar-refractivity contribution in [3.05, 3.63) is 29.6 Å². The van der Waals surface area contributed by atoms with Crippen LogP contribution < -0.4 is 11.1 Å². The standard InChI is InChI=1S/C13H17FN2O/c1-13(2)6-8(13)7-16-12(17)10-5-9(14)3-4-11(10)15/h3-5,8H,6-7,15H2,1-2H3,(H,16,17). The van der Waals surface area contributed by atoms with Gasteiger partial charge < -0.3 is 11.1 Å². The van der Waals surface area contributed by atoms with E-state index in [1.165, 1.54) is 18.2 Å². The van der Waals surface area contributed by atoms with Gasteiger partial charge in [-0.15, -0.1) is 0 Å². The average Bonchev–Trinajstić information content (AvgIpc) is 2.87. The molecule has 1 fully saturated rings. The highest BCUT2D eigenvalue weighted by molar-refractivity contribution is 5.99. The van der Waals surface area contributed by atoms with Crippen LogP contribution in [-0.2, 0) is 0 Å². The van der Waals surface area contributed by atoms with E-state index in [0.29, 0.717) is 23.6 Å². The van der Waals surface area contributed by atoms with Gasteiger partial charge in [-0.2, -0.15) is 0 Å². The van der Waals surface area contributed by atoms with Crippen LogP contribution in [0.15, 0.2) is 18.2 Å². The van der Waals surface area contributed by atoms with E-state index in [-0.39, 0.29) is 11.5 Å². The molecule has 1 aliphatic carbocycles. The van der Waals surface area contributed by atoms with Gasteiger partial charge in [0.05, 0.1) is 5.56 Å². The molecule has 4 heteroatoms. The molecule has 3 nitrogen and oxygen atoms in total. The molecule has 2 rings (SSSR count). The van der Waals surface area contributed by atoms with Gasteiger partial charge in [0.15, 0.2) is 0 Å². The first-order valence-corrected chi connectivity index (χ1v) is 5.73. The van der Waals surface area contributed by atoms with Crippen molar-refractivity contribution in [2.75, 3.05) is 12.3 Å². The van der Waals surface area contributed by atoms with Crippen LogP contribution in [0.4, 0.5) is 10.1 Å². The molecule has 1 aromatic carbocycles. The Balaban J connectivity index is 1.98. The Morgan fingerprint density at radius 3 is 2.82 bits per heavy atom. The molecule has 0 aromatic heterocycles. The van der Waals surface area contributed by atoms with Crippen molar-refractivity contribution < 1.29 is 9.18 Å². The molecule has 0 heterocycles. The van der Waals surface area contributed by atoms with Gasteiger partial charge in [-0.3, -0.25) is 4.79 Å². The van der Waals surface area contributed by atoms with Crippen LogP contribution in [0.25, 0.3) is 0 Å². The van der Waals surface area contributed by atoms with Crippen molar-refractivity contribution >= 4 is 11.6 Å². The van der Waals surface area contributed by atoms with Crippen LogP contribution >= 0.6 is 0 Å². The molecule has 3 N–H and O–H groups in total. The molecular weight excluding hydrogens is 219 g/mol. The Morgan fingerprint density at radius 2 is 2.24 bits per heavy atom. The number of rotatable bonds is 3. The summed E-state index contributed by atoms with van der Waals surface area (Å²) in [5.41, 5.74) is 6.47. The molecule has 0 radical (unpaired) electrons. The molecule has 0 aliphatic heterocycles. The molecule has 1 unspecified atom stereocenters. The van der Waals surface area contributed by atoms with Crippen molar-refractivity contribution in [1.82, 2.24) is 5.32 Å². The zero-order chi connectivity index (χ0) is 12.6. The normalized spacial score (nSPS) is 21.0. The van der Waals surface area contributed by atoms with E-state index in [9.17, 15) is 9.18 Å². The highest BCUT2D eigenvalue weighted by Gasteiger charge is 2.45. The highest BCUT2D eigenvalue weighted by Crippen LogP contribution is 2.50. The third-order valence-electron chi connectivity index (χ3n) is 3.49. The van der Waals surface area contributed by atoms with Gasteiger partial charge >= 0.3 is 0 Å². The molecule has 1 atom stereocenters. The lowest BCUT2D eigenvalue weighted by atomic mass is 10.1. The second-order valence-corrected chi connectivity index (χ2v) is 5.33. The van der Waals surface area contributed by atoms with Crippen LogP contribution in [0.1, 0.15) is 30.6 Å². The van der Waals surface area contributed by atoms with Crippen LogP contribution in [0.5, 0.6) is 0 Å². The molecular formula is C13H17FN2O. The van der Waals surface area contributed by atoms with Crippen molar-refractivity contribution in [2.24, 2.45) is 11.3 Å². The predicted molar refractivity (Wildman–Crippen MR) is 65.0 cm³/mol. The summed E-state index contributed by atoms with van der Waals surface area (Å²) in [6.45, 7) is 4.96. The lowest BCUT2D eigenvalue weighted by Crippen LogP contribution is -2.27. The minimum absolute atomic E-state index is 0.212. The average molecular weight is 236 g/mol. The third-order valence-corrected chi connectivity index (χ3v) is 3.49. The van der Waals surface area contributed by atoms with E-state index in [2.05, 4.69) is 19.2 Å². The molecule has 92 valence electrons. The number of hydrogen-bond donors (Lipinski definition) is 2. The number of nitrogens with one attached hydrogen (secondary N) is 1. The maximum atomic E-state index is 13.0. The summed E-state index contributed by atoms with van der Waals surface area (Å²) in [6, 6.07) is 3.82. The Morgan fingerprint density at radius 1 is 1.59 bits per heavy atom. The molecule has 1 aliphatic rings. The van der Waals surface area contributed by atoms with Crippen molar-refractivity contribution in [3.8, 4) is 0 Å². The fraction of sp³-hybridized carbons (Fsp3) is 0.462. The second-order valence-electron chi connectivity index (χ2n) is 5.33. The Labute approximate surface area is 100 Å². The number of carbonyl (C=O) groups is 1. The summed E-state index contributed by atoms with van der Waals surface area (Å²) in [6.07, 6.45) is 1.12. The number of halogens is 1. The smallest absolute Gasteiger partial charge is 0.253 e. The molecule has 0 saturated heterocycles. The zero-order valence-electron chi connectivity index (χ0n) is 10.1. The van der Waals surface area contributed by atoms with Crippen LogP contribution in [0.2, 0.25) is 0 Å². The summed E-state index contributed by atoms with van der Waals surface area (Å²) in [5.74, 6) is -0.234. The maximum absolute atomic E-state index is 13.0. The first-order valence-electron chi connectivity index (χ1n) is 5.73. The fourth-order valence-electron chi connectivity index (χ4n) is 1.96. The van der Waals surface area contributed by atoms with E-state index in [1.807, 2.05) is 0 Å². The van der Waals surface area contributed by atoms with E-state index >= 15 is 0 Å². The summed E-state index contributed by atoms with van der Waals surface area (Å²) in [5, 5.41) is 2.80. The largest absolute Gasteiger partial charge is 0.398 e. The van der Waals surface area contributed by atoms with Gasteiger partial charge in [0, 0.05) is 12.2 Å². The number of carbonyl (C=O) groups excluding carboxylic acids is 1. The van der Waals surface area contributed by atoms with Crippen molar-refractivity contribution in [2.45, 2.75) is 20.3 Å². The molecule has 0 spiro atoms. The molecule has 1 amide bonds. The van der Waals surface area contributed by atoms with E-state index in [1.54, 1.807) is 0 Å². The van der Waals surface area contributed by atoms with Gasteiger partial charge in [-0.25, -0.2) is 4.39 Å². The van der Waals surface area contributed by atoms with Crippen LogP contribution in [0, 0.1) is 17.2 Å². The van der Waals surface area contributed by atoms with Gasteiger partial charge in [0.2, 0.25) is 0 Å². The molecule has 1 aromatic rings. The van der Waals surface area contributed by atoms with Gasteiger partial charge in [-0.1, -0.05) is 13.8 Å². The van der Waals surface area contributed by atoms with E-state index in [4.69, 9.17) is 5.73 Å². The van der Waals surface area contributed by atoms with Gasteiger partial charge in [0.25, 0.3) is 5.91 Å². The number of nitrogens with two attached hydrogens (primary N) is 1. The molecule has 17 heavy (non-hydrogen) atoms. The summed E-state index contributed by atoms with van der Waals surface area (Å²) >= 11 is 0. The Kier molecular flexibility index (Phi) is 2.81. The number of anilines is 1. The predicted octanol–water partition coefficient (Wildman–Crippen LogP) is 2.18. The van der Waals surface area contributed by atoms with Crippen LogP contribution in [0.3, 0.4) is 0 Å². The lowest BCUT2D eigenvalue weighted by molar-refractivity contribution is 0.0951. The monoisotopic (exact) mass is 236 g/mol. The zero-order valence-corrected chi connectivity index (χ0v) is 10.1. The topological polar surface area (TPSA) is 55.1 Å². The third kappa shape index (κ3) is 2.57. The maximum Gasteiger partial charge on any atom is 0.253 e. The van der Waals surface area contributed by atoms with Crippen LogP contribution in [-0.4, -0.2) is 12.5 Å². The molecule has 1 saturated carbocycles. The minimum atomic E-state index is -0.448. The van der Waals surface area contributed by atoms with Crippen molar-refractivity contribution in [1.29, 1.82) is 0 Å². The van der Waals surface area contributed by atoms with E-state index < -0.39 is 5.82 Å². The van der Waals surface area contributed by atoms with Gasteiger partial charge in [-0.05, 0) is 36.0 Å². The summed E-state index contributed by atoms with van der Waals surface area (Å²) in [4.78, 5) is 11.8. The second kappa shape index (κ2) is 4.02. The Hall–Kier alpha value is -1.58. The number of hydrogen-bond acceptors (Lipinski definition) is 2. The van der Waals surface area contributed by atoms with Gasteiger partial charge in [0.1, 0.15) is 5.82 Å². The summed E-state index contributed by atoms with van der Waals surface area (Å²) < 4.78 is 13.0. The molecule has 0 bridgehead atoms. The first kappa shape index (κ1) is 11.9. The highest BCUT2D eigenvalue weighted by atomic mass is 19.1. The fourth-order valence-corrected chi connectivity index (χ4v) is 1.96. The quantitative estimate of drug-likeness (QED) is 0.790. The summed E-state index contributed by atoms with van der Waals surface area (Å²) in [7, 11) is 0.